The summed E-state index contributed by atoms with van der Waals surface area (Å²) in [5, 5.41) is 18.8. The highest BCUT2D eigenvalue weighted by molar-refractivity contribution is 5.82. The van der Waals surface area contributed by atoms with Crippen LogP contribution in [-0.2, 0) is 20.9 Å². The highest BCUT2D eigenvalue weighted by atomic mass is 16.5. The van der Waals surface area contributed by atoms with Crippen LogP contribution in [-0.4, -0.2) is 116 Å². The Labute approximate surface area is 242 Å². The van der Waals surface area contributed by atoms with Crippen LogP contribution in [0.3, 0.4) is 0 Å². The van der Waals surface area contributed by atoms with Crippen molar-refractivity contribution in [3.63, 3.8) is 0 Å². The van der Waals surface area contributed by atoms with E-state index in [9.17, 15) is 9.59 Å². The lowest BCUT2D eigenvalue weighted by atomic mass is 9.99. The minimum absolute atomic E-state index is 0.0216. The van der Waals surface area contributed by atoms with Gasteiger partial charge in [-0.25, -0.2) is 0 Å². The van der Waals surface area contributed by atoms with Gasteiger partial charge in [0, 0.05) is 51.1 Å². The van der Waals surface area contributed by atoms with Crippen LogP contribution < -0.4 is 26.2 Å². The Morgan fingerprint density at radius 1 is 1.02 bits per heavy atom. The van der Waals surface area contributed by atoms with Crippen molar-refractivity contribution in [3.05, 3.63) is 35.9 Å². The summed E-state index contributed by atoms with van der Waals surface area (Å²) in [5.41, 5.74) is 3.62. The molecule has 2 amide bonds. The molecular weight excluding hydrogens is 522 g/mol. The fourth-order valence-corrected chi connectivity index (χ4v) is 7.33. The van der Waals surface area contributed by atoms with Gasteiger partial charge in [0.05, 0.1) is 30.9 Å². The molecule has 7 rings (SSSR count). The van der Waals surface area contributed by atoms with E-state index in [2.05, 4.69) is 80.5 Å². The van der Waals surface area contributed by atoms with Crippen molar-refractivity contribution in [1.29, 1.82) is 0 Å². The summed E-state index contributed by atoms with van der Waals surface area (Å²) in [6, 6.07) is 6.59. The van der Waals surface area contributed by atoms with Crippen LogP contribution in [0.15, 0.2) is 30.4 Å². The van der Waals surface area contributed by atoms with Crippen molar-refractivity contribution in [2.24, 2.45) is 5.92 Å². The quantitative estimate of drug-likeness (QED) is 0.368. The molecule has 0 aromatic heterocycles. The number of allylic oxidation sites excluding steroid dienone is 1. The number of morpholine rings is 1. The second-order valence-corrected chi connectivity index (χ2v) is 12.3. The number of anilines is 2. The highest BCUT2D eigenvalue weighted by Crippen LogP contribution is 2.34. The molecular formula is C29H43N9O3. The van der Waals surface area contributed by atoms with Gasteiger partial charge in [-0.05, 0) is 56.5 Å². The molecule has 4 fully saturated rings. The Bertz CT molecular complexity index is 1200. The van der Waals surface area contributed by atoms with Gasteiger partial charge < -0.3 is 24.8 Å². The van der Waals surface area contributed by atoms with Gasteiger partial charge in [-0.15, -0.1) is 0 Å². The summed E-state index contributed by atoms with van der Waals surface area (Å²) in [4.78, 5) is 33.2. The van der Waals surface area contributed by atoms with Crippen molar-refractivity contribution >= 4 is 23.2 Å². The largest absolute Gasteiger partial charge is 0.373 e. The highest BCUT2D eigenvalue weighted by Gasteiger charge is 2.53. The number of nitrogens with zero attached hydrogens (tertiary/aromatic N) is 5. The summed E-state index contributed by atoms with van der Waals surface area (Å²) in [5.74, 6) is -0.0427. The number of ether oxygens (including phenoxy) is 1. The molecule has 0 aliphatic carbocycles. The molecule has 12 heteroatoms. The van der Waals surface area contributed by atoms with Crippen molar-refractivity contribution in [2.75, 3.05) is 63.6 Å². The van der Waals surface area contributed by atoms with Gasteiger partial charge in [-0.3, -0.25) is 30.5 Å². The number of hydrogen-bond acceptors (Lipinski definition) is 10. The van der Waals surface area contributed by atoms with E-state index >= 15 is 0 Å². The molecule has 0 spiro atoms. The average Bonchev–Trinajstić information content (AvgIpc) is 3.14. The van der Waals surface area contributed by atoms with Gasteiger partial charge in [-0.1, -0.05) is 12.2 Å². The summed E-state index contributed by atoms with van der Waals surface area (Å²) in [6.45, 7) is 4.94. The zero-order chi connectivity index (χ0) is 28.1. The molecule has 6 heterocycles. The molecule has 0 saturated carbocycles. The predicted molar refractivity (Wildman–Crippen MR) is 155 cm³/mol. The molecule has 222 valence electrons. The van der Waals surface area contributed by atoms with Crippen LogP contribution in [0.5, 0.6) is 0 Å². The Hall–Kier alpha value is -2.74. The zero-order valence-electron chi connectivity index (χ0n) is 24.1. The number of fused-ring (bicyclic) bond motifs is 6. The summed E-state index contributed by atoms with van der Waals surface area (Å²) in [7, 11) is 4.32. The molecule has 6 aliphatic rings. The standard InChI is InChI=1S/C29H43N9O3/c1-34-13-14-35(2)22-8-7-20(15-19(22)17-34)31-29-30-16-21-26(33-29)38-24-10-9-23-27(32-24)36(25(39)18-41-23)11-5-3-4-6-12-37(38)28(21)40/h4,6-8,15,21,23-24,26-27,29-33H,3,5,9-14,16-18H2,1-2H3/b6-4-. The van der Waals surface area contributed by atoms with E-state index in [0.29, 0.717) is 19.6 Å². The molecule has 1 aromatic carbocycles. The molecule has 2 bridgehead atoms. The zero-order valence-corrected chi connectivity index (χ0v) is 24.1. The van der Waals surface area contributed by atoms with E-state index in [1.165, 1.54) is 11.3 Å². The van der Waals surface area contributed by atoms with Crippen LogP contribution in [0, 0.1) is 5.92 Å². The molecule has 4 N–H and O–H groups in total. The Kier molecular flexibility index (Phi) is 7.38. The topological polar surface area (TPSA) is 108 Å². The molecule has 41 heavy (non-hydrogen) atoms. The van der Waals surface area contributed by atoms with Gasteiger partial charge in [0.1, 0.15) is 19.1 Å². The third-order valence-electron chi connectivity index (χ3n) is 9.51. The van der Waals surface area contributed by atoms with E-state index in [1.807, 2.05) is 9.91 Å². The van der Waals surface area contributed by atoms with Crippen LogP contribution in [0.4, 0.5) is 11.4 Å². The van der Waals surface area contributed by atoms with Crippen LogP contribution in [0.25, 0.3) is 0 Å². The SMILES string of the molecule is CN1CCN(C)c2ccc(NC3NCC4C(=O)N5C/C=C\CCCN6C(=O)COC7CCC(NC76)N5C4N3)cc2C1. The van der Waals surface area contributed by atoms with Crippen molar-refractivity contribution < 1.29 is 14.3 Å². The maximum absolute atomic E-state index is 13.7. The number of hydrazine groups is 1. The molecule has 1 aromatic rings. The number of nitrogens with one attached hydrogen (secondary N) is 4. The lowest BCUT2D eigenvalue weighted by Gasteiger charge is -2.50. The number of hydrogen-bond donors (Lipinski definition) is 4. The fraction of sp³-hybridized carbons (Fsp3) is 0.655. The first-order valence-electron chi connectivity index (χ1n) is 15.2. The minimum Gasteiger partial charge on any atom is -0.373 e. The van der Waals surface area contributed by atoms with Crippen LogP contribution in [0.1, 0.15) is 31.2 Å². The Morgan fingerprint density at radius 2 is 1.93 bits per heavy atom. The molecule has 6 aliphatic heterocycles. The minimum atomic E-state index is -0.208. The van der Waals surface area contributed by atoms with E-state index in [1.54, 1.807) is 0 Å². The summed E-state index contributed by atoms with van der Waals surface area (Å²) in [6.07, 6.45) is 7.01. The summed E-state index contributed by atoms with van der Waals surface area (Å²) < 4.78 is 5.95. The van der Waals surface area contributed by atoms with E-state index in [4.69, 9.17) is 4.74 Å². The second kappa shape index (κ2) is 11.2. The lowest BCUT2D eigenvalue weighted by molar-refractivity contribution is -0.176. The maximum atomic E-state index is 13.7. The van der Waals surface area contributed by atoms with Gasteiger partial charge in [0.25, 0.3) is 0 Å². The molecule has 6 atom stereocenters. The van der Waals surface area contributed by atoms with Crippen LogP contribution in [0.2, 0.25) is 0 Å². The average molecular weight is 566 g/mol. The van der Waals surface area contributed by atoms with Crippen molar-refractivity contribution in [1.82, 2.24) is 35.8 Å². The lowest BCUT2D eigenvalue weighted by Crippen LogP contribution is -2.72. The van der Waals surface area contributed by atoms with E-state index in [0.717, 1.165) is 51.0 Å². The number of likely N-dealkylation sites (N-methyl/N-ethyl adjacent to an activating group) is 2. The molecule has 12 nitrogen and oxygen atoms in total. The van der Waals surface area contributed by atoms with E-state index < -0.39 is 0 Å². The number of amides is 2. The Morgan fingerprint density at radius 3 is 2.83 bits per heavy atom. The fourth-order valence-electron chi connectivity index (χ4n) is 7.33. The number of piperidine rings is 1. The third kappa shape index (κ3) is 5.10. The molecule has 4 saturated heterocycles. The number of carbonyl (C=O) groups excluding carboxylic acids is 2. The Balaban J connectivity index is 1.13. The van der Waals surface area contributed by atoms with Crippen molar-refractivity contribution in [3.8, 4) is 0 Å². The van der Waals surface area contributed by atoms with Gasteiger partial charge in [0.2, 0.25) is 11.8 Å². The molecule has 0 radical (unpaired) electrons. The first kappa shape index (κ1) is 27.1. The maximum Gasteiger partial charge on any atom is 0.249 e. The monoisotopic (exact) mass is 565 g/mol. The molecule has 6 unspecified atom stereocenters. The second-order valence-electron chi connectivity index (χ2n) is 12.3. The van der Waals surface area contributed by atoms with E-state index in [-0.39, 0.29) is 55.2 Å². The number of carbonyl (C=O) groups is 2. The first-order chi connectivity index (χ1) is 20.0. The normalized spacial score (nSPS) is 35.5. The first-order valence-corrected chi connectivity index (χ1v) is 15.2. The summed E-state index contributed by atoms with van der Waals surface area (Å²) >= 11 is 0. The third-order valence-corrected chi connectivity index (χ3v) is 9.51. The van der Waals surface area contributed by atoms with Crippen molar-refractivity contribution in [2.45, 2.75) is 63.1 Å². The van der Waals surface area contributed by atoms with Gasteiger partial charge in [-0.2, -0.15) is 5.01 Å². The smallest absolute Gasteiger partial charge is 0.249 e. The van der Waals surface area contributed by atoms with Crippen LogP contribution >= 0.6 is 0 Å². The number of rotatable bonds is 2. The van der Waals surface area contributed by atoms with Gasteiger partial charge in [0.15, 0.2) is 0 Å². The number of benzene rings is 1. The van der Waals surface area contributed by atoms with Gasteiger partial charge >= 0.3 is 0 Å². The predicted octanol–water partition coefficient (Wildman–Crippen LogP) is 0.0710.